The van der Waals surface area contributed by atoms with Gasteiger partial charge in [0.2, 0.25) is 5.82 Å². The van der Waals surface area contributed by atoms with Crippen molar-refractivity contribution in [2.75, 3.05) is 7.11 Å². The molecule has 33 heavy (non-hydrogen) atoms. The molecule has 0 saturated carbocycles. The molecule has 4 aromatic rings. The first-order valence-electron chi connectivity index (χ1n) is 9.96. The second-order valence-corrected chi connectivity index (χ2v) is 7.75. The van der Waals surface area contributed by atoms with E-state index in [2.05, 4.69) is 15.3 Å². The molecule has 0 fully saturated rings. The number of hydrogen-bond donors (Lipinski definition) is 0. The minimum absolute atomic E-state index is 0.0887. The number of carbonyl (C=O) groups is 1. The van der Waals surface area contributed by atoms with Crippen molar-refractivity contribution < 1.29 is 28.1 Å². The topological polar surface area (TPSA) is 110 Å². The fourth-order valence-electron chi connectivity index (χ4n) is 2.93. The largest absolute Gasteiger partial charge is 0.493 e. The Bertz CT molecular complexity index is 1240. The maximum absolute atomic E-state index is 12.1. The van der Waals surface area contributed by atoms with Gasteiger partial charge in [-0.05, 0) is 49.1 Å². The lowest BCUT2D eigenvalue weighted by atomic mass is 10.2. The van der Waals surface area contributed by atoms with Gasteiger partial charge in [0.05, 0.1) is 23.9 Å². The summed E-state index contributed by atoms with van der Waals surface area (Å²) in [5.74, 6) is 1.96. The van der Waals surface area contributed by atoms with Gasteiger partial charge in [-0.1, -0.05) is 16.4 Å². The highest BCUT2D eigenvalue weighted by molar-refractivity contribution is 7.08. The van der Waals surface area contributed by atoms with Gasteiger partial charge >= 0.3 is 5.97 Å². The number of esters is 1. The highest BCUT2D eigenvalue weighted by Crippen LogP contribution is 2.30. The highest BCUT2D eigenvalue weighted by Gasteiger charge is 2.13. The fourth-order valence-corrected chi connectivity index (χ4v) is 3.56. The smallest absolute Gasteiger partial charge is 0.331 e. The molecular weight excluding hydrogens is 446 g/mol. The molecule has 0 radical (unpaired) electrons. The Morgan fingerprint density at radius 3 is 2.73 bits per heavy atom. The van der Waals surface area contributed by atoms with Gasteiger partial charge in [-0.15, -0.1) is 0 Å². The minimum Gasteiger partial charge on any atom is -0.493 e. The molecule has 0 bridgehead atoms. The van der Waals surface area contributed by atoms with Gasteiger partial charge in [0.1, 0.15) is 12.4 Å². The number of ether oxygens (including phenoxy) is 3. The van der Waals surface area contributed by atoms with E-state index in [1.165, 1.54) is 17.4 Å². The van der Waals surface area contributed by atoms with Crippen LogP contribution in [0, 0.1) is 13.8 Å². The van der Waals surface area contributed by atoms with Gasteiger partial charge in [-0.2, -0.15) is 16.3 Å². The van der Waals surface area contributed by atoms with Crippen molar-refractivity contribution in [1.82, 2.24) is 15.3 Å². The van der Waals surface area contributed by atoms with Crippen LogP contribution < -0.4 is 9.47 Å². The lowest BCUT2D eigenvalue weighted by Crippen LogP contribution is -2.02. The van der Waals surface area contributed by atoms with Gasteiger partial charge in [0.15, 0.2) is 18.1 Å². The summed E-state index contributed by atoms with van der Waals surface area (Å²) in [4.78, 5) is 16.3. The zero-order valence-electron chi connectivity index (χ0n) is 18.2. The van der Waals surface area contributed by atoms with E-state index >= 15 is 0 Å². The summed E-state index contributed by atoms with van der Waals surface area (Å²) in [5.41, 5.74) is 3.26. The normalized spacial score (nSPS) is 11.1. The van der Waals surface area contributed by atoms with Crippen LogP contribution >= 0.6 is 11.3 Å². The van der Waals surface area contributed by atoms with Crippen LogP contribution in [0.15, 0.2) is 50.1 Å². The predicted octanol–water partition coefficient (Wildman–Crippen LogP) is 4.75. The second kappa shape index (κ2) is 10.1. The fraction of sp³-hybridized carbons (Fsp3) is 0.217. The summed E-state index contributed by atoms with van der Waals surface area (Å²) in [6.07, 6.45) is 2.94. The van der Waals surface area contributed by atoms with E-state index in [-0.39, 0.29) is 6.61 Å². The van der Waals surface area contributed by atoms with Gasteiger partial charge in [-0.25, -0.2) is 4.79 Å². The zero-order valence-corrected chi connectivity index (χ0v) is 19.0. The molecular formula is C23H21N3O6S. The summed E-state index contributed by atoms with van der Waals surface area (Å²) in [5, 5.41) is 11.5. The van der Waals surface area contributed by atoms with Crippen LogP contribution in [-0.4, -0.2) is 28.4 Å². The van der Waals surface area contributed by atoms with Crippen molar-refractivity contribution >= 4 is 23.4 Å². The molecule has 0 aliphatic heterocycles. The molecule has 0 unspecified atom stereocenters. The van der Waals surface area contributed by atoms with E-state index in [1.807, 2.05) is 30.7 Å². The number of aryl methyl sites for hydroxylation is 2. The molecule has 170 valence electrons. The van der Waals surface area contributed by atoms with Gasteiger partial charge < -0.3 is 23.3 Å². The van der Waals surface area contributed by atoms with Gasteiger partial charge in [0, 0.05) is 11.5 Å². The Morgan fingerprint density at radius 1 is 1.12 bits per heavy atom. The van der Waals surface area contributed by atoms with E-state index in [0.717, 1.165) is 22.4 Å². The number of nitrogens with zero attached hydrogens (tertiary/aromatic N) is 3. The summed E-state index contributed by atoms with van der Waals surface area (Å²) in [6.45, 7) is 3.92. The Labute approximate surface area is 193 Å². The first-order chi connectivity index (χ1) is 16.0. The van der Waals surface area contributed by atoms with Crippen LogP contribution in [0.1, 0.15) is 28.4 Å². The molecule has 3 heterocycles. The van der Waals surface area contributed by atoms with Gasteiger partial charge in [-0.3, -0.25) is 0 Å². The van der Waals surface area contributed by atoms with Crippen molar-refractivity contribution in [2.24, 2.45) is 0 Å². The molecule has 0 aliphatic carbocycles. The number of thiophene rings is 1. The summed E-state index contributed by atoms with van der Waals surface area (Å²) in [7, 11) is 1.55. The monoisotopic (exact) mass is 467 g/mol. The van der Waals surface area contributed by atoms with E-state index in [4.69, 9.17) is 23.3 Å². The maximum Gasteiger partial charge on any atom is 0.331 e. The number of rotatable bonds is 9. The minimum atomic E-state index is -0.533. The molecule has 9 nitrogen and oxygen atoms in total. The lowest BCUT2D eigenvalue weighted by Gasteiger charge is -2.11. The number of methoxy groups -OCH3 is 1. The SMILES string of the molecule is COc1cc(C=CC(=O)OCc2noc(-c3ccsc3)n2)ccc1OCc1c(C)noc1C. The summed E-state index contributed by atoms with van der Waals surface area (Å²) in [6, 6.07) is 7.21. The summed E-state index contributed by atoms with van der Waals surface area (Å²) >= 11 is 1.53. The van der Waals surface area contributed by atoms with Crippen LogP contribution in [-0.2, 0) is 22.7 Å². The first-order valence-corrected chi connectivity index (χ1v) is 10.9. The van der Waals surface area contributed by atoms with Crippen molar-refractivity contribution in [3.8, 4) is 23.0 Å². The van der Waals surface area contributed by atoms with Crippen molar-refractivity contribution in [2.45, 2.75) is 27.1 Å². The quantitative estimate of drug-likeness (QED) is 0.254. The molecule has 0 atom stereocenters. The predicted molar refractivity (Wildman–Crippen MR) is 120 cm³/mol. The molecule has 0 N–H and O–H groups in total. The van der Waals surface area contributed by atoms with Crippen molar-refractivity contribution in [3.05, 3.63) is 69.5 Å². The molecule has 4 rings (SSSR count). The third-order valence-electron chi connectivity index (χ3n) is 4.73. The standard InChI is InChI=1S/C23H21N3O6S/c1-14-18(15(2)31-25-14)11-29-19-6-4-16(10-20(19)28-3)5-7-22(27)30-12-21-24-23(32-26-21)17-8-9-33-13-17/h4-10,13H,11-12H2,1-3H3. The number of carbonyl (C=O) groups excluding carboxylic acids is 1. The Balaban J connectivity index is 1.33. The van der Waals surface area contributed by atoms with E-state index in [9.17, 15) is 4.79 Å². The molecule has 0 spiro atoms. The molecule has 3 aromatic heterocycles. The zero-order chi connectivity index (χ0) is 23.2. The summed E-state index contributed by atoms with van der Waals surface area (Å²) < 4.78 is 26.8. The number of benzene rings is 1. The Kier molecular flexibility index (Phi) is 6.84. The third-order valence-corrected chi connectivity index (χ3v) is 5.42. The van der Waals surface area contributed by atoms with Gasteiger partial charge in [0.25, 0.3) is 5.89 Å². The van der Waals surface area contributed by atoms with E-state index in [1.54, 1.807) is 31.4 Å². The molecule has 0 amide bonds. The van der Waals surface area contributed by atoms with Crippen LogP contribution in [0.25, 0.3) is 17.5 Å². The van der Waals surface area contributed by atoms with Crippen LogP contribution in [0.2, 0.25) is 0 Å². The molecule has 0 aliphatic rings. The Hall–Kier alpha value is -3.92. The first kappa shape index (κ1) is 22.3. The van der Waals surface area contributed by atoms with Crippen molar-refractivity contribution in [3.63, 3.8) is 0 Å². The van der Waals surface area contributed by atoms with Crippen molar-refractivity contribution in [1.29, 1.82) is 0 Å². The molecule has 1 aromatic carbocycles. The lowest BCUT2D eigenvalue weighted by molar-refractivity contribution is -0.139. The molecule has 0 saturated heterocycles. The van der Waals surface area contributed by atoms with E-state index < -0.39 is 5.97 Å². The number of hydrogen-bond acceptors (Lipinski definition) is 10. The van der Waals surface area contributed by atoms with Crippen LogP contribution in [0.3, 0.4) is 0 Å². The third kappa shape index (κ3) is 5.47. The average molecular weight is 468 g/mol. The second-order valence-electron chi connectivity index (χ2n) is 6.97. The van der Waals surface area contributed by atoms with Crippen LogP contribution in [0.5, 0.6) is 11.5 Å². The average Bonchev–Trinajstić information content (AvgIpc) is 3.57. The Morgan fingerprint density at radius 2 is 2.00 bits per heavy atom. The highest BCUT2D eigenvalue weighted by atomic mass is 32.1. The number of aromatic nitrogens is 3. The molecule has 10 heteroatoms. The van der Waals surface area contributed by atoms with Crippen LogP contribution in [0.4, 0.5) is 0 Å². The van der Waals surface area contributed by atoms with E-state index in [0.29, 0.717) is 35.6 Å². The maximum atomic E-state index is 12.1.